The number of amides is 1. The maximum atomic E-state index is 12.5. The van der Waals surface area contributed by atoms with E-state index < -0.39 is 0 Å². The second kappa shape index (κ2) is 6.32. The van der Waals surface area contributed by atoms with Gasteiger partial charge in [0, 0.05) is 18.0 Å². The summed E-state index contributed by atoms with van der Waals surface area (Å²) in [5.41, 5.74) is 1.42. The summed E-state index contributed by atoms with van der Waals surface area (Å²) in [6.07, 6.45) is 6.42. The van der Waals surface area contributed by atoms with Crippen LogP contribution < -0.4 is 5.32 Å². The van der Waals surface area contributed by atoms with Crippen LogP contribution in [0.3, 0.4) is 0 Å². The van der Waals surface area contributed by atoms with E-state index >= 15 is 0 Å². The number of hydrogen-bond acceptors (Lipinski definition) is 3. The highest BCUT2D eigenvalue weighted by molar-refractivity contribution is 6.04. The van der Waals surface area contributed by atoms with Crippen molar-refractivity contribution >= 4 is 16.8 Å². The molecule has 2 N–H and O–H groups in total. The summed E-state index contributed by atoms with van der Waals surface area (Å²) in [5, 5.41) is 11.2. The number of aromatic nitrogens is 2. The topological polar surface area (TPSA) is 61.0 Å². The molecule has 1 aromatic carbocycles. The molecule has 0 bridgehead atoms. The van der Waals surface area contributed by atoms with Gasteiger partial charge in [-0.25, -0.2) is 0 Å². The molecular formula is C18H24N4O. The highest BCUT2D eigenvalue weighted by Crippen LogP contribution is 2.30. The van der Waals surface area contributed by atoms with Crippen molar-refractivity contribution in [2.75, 3.05) is 19.6 Å². The zero-order valence-corrected chi connectivity index (χ0v) is 13.4. The number of H-pyrrole nitrogens is 1. The van der Waals surface area contributed by atoms with Crippen LogP contribution in [0, 0.1) is 5.92 Å². The molecule has 4 rings (SSSR count). The van der Waals surface area contributed by atoms with Crippen LogP contribution in [-0.4, -0.2) is 46.7 Å². The monoisotopic (exact) mass is 312 g/mol. The molecule has 0 unspecified atom stereocenters. The molecule has 5 nitrogen and oxygen atoms in total. The van der Waals surface area contributed by atoms with Crippen molar-refractivity contribution in [3.05, 3.63) is 30.0 Å². The summed E-state index contributed by atoms with van der Waals surface area (Å²) < 4.78 is 0. The molecule has 2 aliphatic rings. The van der Waals surface area contributed by atoms with Crippen molar-refractivity contribution in [1.82, 2.24) is 20.4 Å². The van der Waals surface area contributed by atoms with Gasteiger partial charge in [-0.2, -0.15) is 5.10 Å². The van der Waals surface area contributed by atoms with Gasteiger partial charge in [0.2, 0.25) is 0 Å². The lowest BCUT2D eigenvalue weighted by Gasteiger charge is -2.44. The molecular weight excluding hydrogens is 288 g/mol. The molecule has 2 fully saturated rings. The van der Waals surface area contributed by atoms with E-state index in [0.29, 0.717) is 17.7 Å². The minimum Gasteiger partial charge on any atom is -0.350 e. The first-order valence-electron chi connectivity index (χ1n) is 8.78. The van der Waals surface area contributed by atoms with Crippen LogP contribution in [0.2, 0.25) is 0 Å². The lowest BCUT2D eigenvalue weighted by atomic mass is 9.83. The Bertz CT molecular complexity index is 693. The molecule has 2 atom stereocenters. The largest absolute Gasteiger partial charge is 0.350 e. The quantitative estimate of drug-likeness (QED) is 0.915. The van der Waals surface area contributed by atoms with Crippen LogP contribution in [0.5, 0.6) is 0 Å². The Morgan fingerprint density at radius 2 is 2.09 bits per heavy atom. The second-order valence-corrected chi connectivity index (χ2v) is 6.83. The average molecular weight is 312 g/mol. The number of nitrogens with one attached hydrogen (secondary N) is 2. The Labute approximate surface area is 136 Å². The van der Waals surface area contributed by atoms with Gasteiger partial charge < -0.3 is 10.2 Å². The molecule has 5 heteroatoms. The third-order valence-electron chi connectivity index (χ3n) is 5.44. The summed E-state index contributed by atoms with van der Waals surface area (Å²) >= 11 is 0. The van der Waals surface area contributed by atoms with Crippen molar-refractivity contribution < 1.29 is 4.79 Å². The van der Waals surface area contributed by atoms with Gasteiger partial charge in [-0.1, -0.05) is 24.6 Å². The Morgan fingerprint density at radius 1 is 1.22 bits per heavy atom. The number of carbonyl (C=O) groups is 1. The first-order valence-corrected chi connectivity index (χ1v) is 8.78. The van der Waals surface area contributed by atoms with E-state index in [-0.39, 0.29) is 5.91 Å². The first kappa shape index (κ1) is 14.7. The number of aromatic amines is 1. The highest BCUT2D eigenvalue weighted by Gasteiger charge is 2.33. The normalized spacial score (nSPS) is 25.2. The summed E-state index contributed by atoms with van der Waals surface area (Å²) in [4.78, 5) is 15.1. The van der Waals surface area contributed by atoms with E-state index in [9.17, 15) is 4.79 Å². The molecule has 3 heterocycles. The molecule has 0 saturated carbocycles. The van der Waals surface area contributed by atoms with Crippen molar-refractivity contribution in [2.24, 2.45) is 5.92 Å². The molecule has 2 aliphatic heterocycles. The minimum atomic E-state index is -0.0598. The van der Waals surface area contributed by atoms with E-state index in [1.54, 1.807) is 0 Å². The number of fused-ring (bicyclic) bond motifs is 2. The lowest BCUT2D eigenvalue weighted by Crippen LogP contribution is -2.51. The second-order valence-electron chi connectivity index (χ2n) is 6.83. The SMILES string of the molecule is O=C(NC[C@H]1CCCN2CCCC[C@@H]12)c1n[nH]c2ccccc12. The molecule has 23 heavy (non-hydrogen) atoms. The molecule has 2 saturated heterocycles. The maximum Gasteiger partial charge on any atom is 0.272 e. The van der Waals surface area contributed by atoms with Gasteiger partial charge in [0.25, 0.3) is 5.91 Å². The Morgan fingerprint density at radius 3 is 3.04 bits per heavy atom. The summed E-state index contributed by atoms with van der Waals surface area (Å²) in [6, 6.07) is 8.43. The smallest absolute Gasteiger partial charge is 0.272 e. The van der Waals surface area contributed by atoms with Gasteiger partial charge >= 0.3 is 0 Å². The predicted octanol–water partition coefficient (Wildman–Crippen LogP) is 2.56. The third-order valence-corrected chi connectivity index (χ3v) is 5.44. The average Bonchev–Trinajstić information content (AvgIpc) is 3.04. The first-order chi connectivity index (χ1) is 11.3. The highest BCUT2D eigenvalue weighted by atomic mass is 16.1. The molecule has 0 radical (unpaired) electrons. The number of piperidine rings is 2. The third kappa shape index (κ3) is 2.85. The summed E-state index contributed by atoms with van der Waals surface area (Å²) in [5.74, 6) is 0.522. The van der Waals surface area contributed by atoms with E-state index in [4.69, 9.17) is 0 Å². The van der Waals surface area contributed by atoms with Gasteiger partial charge in [0.15, 0.2) is 5.69 Å². The number of hydrogen-bond donors (Lipinski definition) is 2. The standard InChI is InChI=1S/C18H24N4O/c23-18(17-14-7-1-2-8-15(14)20-21-17)19-12-13-6-5-11-22-10-4-3-9-16(13)22/h1-2,7-8,13,16H,3-6,9-12H2,(H,19,23)(H,20,21)/t13-,16+/m1/s1. The maximum absolute atomic E-state index is 12.5. The van der Waals surface area contributed by atoms with Crippen molar-refractivity contribution in [1.29, 1.82) is 0 Å². The molecule has 1 aromatic heterocycles. The van der Waals surface area contributed by atoms with Crippen LogP contribution in [0.4, 0.5) is 0 Å². The molecule has 0 aliphatic carbocycles. The van der Waals surface area contributed by atoms with Gasteiger partial charge in [-0.05, 0) is 50.8 Å². The van der Waals surface area contributed by atoms with Gasteiger partial charge in [0.1, 0.15) is 0 Å². The van der Waals surface area contributed by atoms with Gasteiger partial charge in [0.05, 0.1) is 5.52 Å². The fourth-order valence-corrected chi connectivity index (χ4v) is 4.26. The number of para-hydroxylation sites is 1. The number of benzene rings is 1. The minimum absolute atomic E-state index is 0.0598. The Balaban J connectivity index is 1.43. The van der Waals surface area contributed by atoms with Crippen LogP contribution in [-0.2, 0) is 0 Å². The molecule has 1 amide bonds. The molecule has 0 spiro atoms. The van der Waals surface area contributed by atoms with Crippen LogP contribution in [0.1, 0.15) is 42.6 Å². The predicted molar refractivity (Wildman–Crippen MR) is 90.4 cm³/mol. The van der Waals surface area contributed by atoms with Gasteiger partial charge in [-0.15, -0.1) is 0 Å². The van der Waals surface area contributed by atoms with Crippen LogP contribution in [0.15, 0.2) is 24.3 Å². The zero-order chi connectivity index (χ0) is 15.6. The van der Waals surface area contributed by atoms with E-state index in [2.05, 4.69) is 20.4 Å². The zero-order valence-electron chi connectivity index (χ0n) is 13.4. The van der Waals surface area contributed by atoms with E-state index in [1.807, 2.05) is 24.3 Å². The van der Waals surface area contributed by atoms with Crippen LogP contribution >= 0.6 is 0 Å². The Kier molecular flexibility index (Phi) is 4.04. The van der Waals surface area contributed by atoms with Crippen molar-refractivity contribution in [3.8, 4) is 0 Å². The van der Waals surface area contributed by atoms with Crippen molar-refractivity contribution in [2.45, 2.75) is 38.1 Å². The number of nitrogens with zero attached hydrogens (tertiary/aromatic N) is 2. The summed E-state index contributed by atoms with van der Waals surface area (Å²) in [7, 11) is 0. The fourth-order valence-electron chi connectivity index (χ4n) is 4.26. The Hall–Kier alpha value is -1.88. The molecule has 122 valence electrons. The number of carbonyl (C=O) groups excluding carboxylic acids is 1. The summed E-state index contributed by atoms with van der Waals surface area (Å²) in [6.45, 7) is 3.24. The number of rotatable bonds is 3. The van der Waals surface area contributed by atoms with E-state index in [0.717, 1.165) is 17.4 Å². The lowest BCUT2D eigenvalue weighted by molar-refractivity contribution is 0.0575. The van der Waals surface area contributed by atoms with Gasteiger partial charge in [-0.3, -0.25) is 9.89 Å². The van der Waals surface area contributed by atoms with E-state index in [1.165, 1.54) is 45.2 Å². The fraction of sp³-hybridized carbons (Fsp3) is 0.556. The van der Waals surface area contributed by atoms with Crippen molar-refractivity contribution in [3.63, 3.8) is 0 Å². The molecule has 2 aromatic rings. The van der Waals surface area contributed by atoms with Crippen LogP contribution in [0.25, 0.3) is 10.9 Å².